The molecule has 0 aliphatic rings. The van der Waals surface area contributed by atoms with Crippen molar-refractivity contribution in [2.24, 2.45) is 0 Å². The van der Waals surface area contributed by atoms with Crippen LogP contribution >= 0.6 is 0 Å². The molecule has 1 aromatic heterocycles. The van der Waals surface area contributed by atoms with Crippen molar-refractivity contribution < 1.29 is 9.52 Å². The Morgan fingerprint density at radius 3 is 2.86 bits per heavy atom. The predicted octanol–water partition coefficient (Wildman–Crippen LogP) is 1.59. The molecule has 0 bridgehead atoms. The van der Waals surface area contributed by atoms with Gasteiger partial charge in [0.15, 0.2) is 0 Å². The highest BCUT2D eigenvalue weighted by Gasteiger charge is 2.03. The van der Waals surface area contributed by atoms with Crippen molar-refractivity contribution >= 4 is 11.0 Å². The van der Waals surface area contributed by atoms with Gasteiger partial charge >= 0.3 is 5.63 Å². The molecular formula is C11H10O3. The third-order valence-corrected chi connectivity index (χ3v) is 2.15. The predicted molar refractivity (Wildman–Crippen MR) is 53.1 cm³/mol. The van der Waals surface area contributed by atoms with E-state index in [0.29, 0.717) is 11.1 Å². The molecule has 14 heavy (non-hydrogen) atoms. The Bertz CT molecular complexity index is 526. The van der Waals surface area contributed by atoms with E-state index in [2.05, 4.69) is 0 Å². The maximum Gasteiger partial charge on any atom is 0.336 e. The number of fused-ring (bicyclic) bond motifs is 1. The maximum atomic E-state index is 11.1. The third-order valence-electron chi connectivity index (χ3n) is 2.15. The second-order valence-corrected chi connectivity index (χ2v) is 3.25. The molecule has 0 aliphatic carbocycles. The van der Waals surface area contributed by atoms with Crippen LogP contribution in [0, 0.1) is 6.92 Å². The fourth-order valence-corrected chi connectivity index (χ4v) is 1.47. The van der Waals surface area contributed by atoms with Crippen LogP contribution in [-0.4, -0.2) is 5.11 Å². The summed E-state index contributed by atoms with van der Waals surface area (Å²) in [7, 11) is 0. The second-order valence-electron chi connectivity index (χ2n) is 3.25. The number of rotatable bonds is 1. The average Bonchev–Trinajstić information content (AvgIpc) is 2.17. The first-order chi connectivity index (χ1) is 6.70. The Balaban J connectivity index is 2.88. The maximum absolute atomic E-state index is 11.1. The van der Waals surface area contributed by atoms with Crippen molar-refractivity contribution in [1.82, 2.24) is 0 Å². The van der Waals surface area contributed by atoms with Crippen molar-refractivity contribution in [2.75, 3.05) is 0 Å². The van der Waals surface area contributed by atoms with Gasteiger partial charge in [-0.2, -0.15) is 0 Å². The molecule has 0 unspecified atom stereocenters. The van der Waals surface area contributed by atoms with Gasteiger partial charge in [0.1, 0.15) is 5.58 Å². The largest absolute Gasteiger partial charge is 0.423 e. The summed E-state index contributed by atoms with van der Waals surface area (Å²) in [5.74, 6) is 0. The first kappa shape index (κ1) is 8.97. The summed E-state index contributed by atoms with van der Waals surface area (Å²) in [6.45, 7) is 1.80. The number of aryl methyl sites for hydroxylation is 1. The van der Waals surface area contributed by atoms with Gasteiger partial charge in [0.05, 0.1) is 6.61 Å². The molecule has 3 nitrogen and oxygen atoms in total. The monoisotopic (exact) mass is 190 g/mol. The minimum atomic E-state index is -0.426. The highest BCUT2D eigenvalue weighted by Crippen LogP contribution is 2.18. The number of aliphatic hydroxyl groups is 1. The Kier molecular flexibility index (Phi) is 2.09. The molecule has 2 rings (SSSR count). The minimum Gasteiger partial charge on any atom is -0.423 e. The van der Waals surface area contributed by atoms with E-state index in [9.17, 15) is 4.79 Å². The van der Waals surface area contributed by atoms with E-state index < -0.39 is 5.63 Å². The number of benzene rings is 1. The first-order valence-corrected chi connectivity index (χ1v) is 4.35. The van der Waals surface area contributed by atoms with E-state index in [1.807, 2.05) is 19.1 Å². The SMILES string of the molecule is Cc1ccc2oc(=O)cc(CO)c2c1. The summed E-state index contributed by atoms with van der Waals surface area (Å²) in [6, 6.07) is 6.82. The molecule has 0 aliphatic heterocycles. The smallest absolute Gasteiger partial charge is 0.336 e. The van der Waals surface area contributed by atoms with Crippen LogP contribution in [0.5, 0.6) is 0 Å². The van der Waals surface area contributed by atoms with Crippen molar-refractivity contribution in [2.45, 2.75) is 13.5 Å². The number of hydrogen-bond donors (Lipinski definition) is 1. The molecule has 0 saturated carbocycles. The van der Waals surface area contributed by atoms with Gasteiger partial charge in [0, 0.05) is 11.5 Å². The first-order valence-electron chi connectivity index (χ1n) is 4.35. The molecule has 72 valence electrons. The fraction of sp³-hybridized carbons (Fsp3) is 0.182. The van der Waals surface area contributed by atoms with Crippen LogP contribution in [-0.2, 0) is 6.61 Å². The van der Waals surface area contributed by atoms with Gasteiger partial charge in [-0.25, -0.2) is 4.79 Å². The van der Waals surface area contributed by atoms with Crippen LogP contribution in [0.15, 0.2) is 33.5 Å². The fourth-order valence-electron chi connectivity index (χ4n) is 1.47. The Morgan fingerprint density at radius 2 is 2.14 bits per heavy atom. The Morgan fingerprint density at radius 1 is 1.36 bits per heavy atom. The molecular weight excluding hydrogens is 180 g/mol. The van der Waals surface area contributed by atoms with Crippen LogP contribution in [0.2, 0.25) is 0 Å². The van der Waals surface area contributed by atoms with Gasteiger partial charge in [-0.05, 0) is 24.6 Å². The molecule has 1 N–H and O–H groups in total. The molecule has 3 heteroatoms. The van der Waals surface area contributed by atoms with Crippen molar-refractivity contribution in [1.29, 1.82) is 0 Å². The van der Waals surface area contributed by atoms with Crippen LogP contribution in [0.3, 0.4) is 0 Å². The van der Waals surface area contributed by atoms with Gasteiger partial charge in [0.25, 0.3) is 0 Å². The molecule has 0 amide bonds. The van der Waals surface area contributed by atoms with E-state index >= 15 is 0 Å². The average molecular weight is 190 g/mol. The summed E-state index contributed by atoms with van der Waals surface area (Å²) in [6.07, 6.45) is 0. The summed E-state index contributed by atoms with van der Waals surface area (Å²) in [5.41, 5.74) is 1.78. The number of hydrogen-bond acceptors (Lipinski definition) is 3. The lowest BCUT2D eigenvalue weighted by Crippen LogP contribution is -2.00. The highest BCUT2D eigenvalue weighted by atomic mass is 16.4. The highest BCUT2D eigenvalue weighted by molar-refractivity contribution is 5.80. The zero-order valence-electron chi connectivity index (χ0n) is 7.78. The van der Waals surface area contributed by atoms with Crippen LogP contribution in [0.25, 0.3) is 11.0 Å². The molecule has 0 saturated heterocycles. The van der Waals surface area contributed by atoms with Gasteiger partial charge in [0.2, 0.25) is 0 Å². The van der Waals surface area contributed by atoms with E-state index in [1.54, 1.807) is 6.07 Å². The van der Waals surface area contributed by atoms with E-state index in [-0.39, 0.29) is 6.61 Å². The lowest BCUT2D eigenvalue weighted by Gasteiger charge is -2.02. The summed E-state index contributed by atoms with van der Waals surface area (Å²) in [4.78, 5) is 11.1. The van der Waals surface area contributed by atoms with Crippen molar-refractivity contribution in [3.8, 4) is 0 Å². The van der Waals surface area contributed by atoms with Gasteiger partial charge < -0.3 is 9.52 Å². The van der Waals surface area contributed by atoms with Crippen LogP contribution in [0.1, 0.15) is 11.1 Å². The lowest BCUT2D eigenvalue weighted by molar-refractivity contribution is 0.282. The molecule has 0 radical (unpaired) electrons. The zero-order chi connectivity index (χ0) is 10.1. The van der Waals surface area contributed by atoms with E-state index in [4.69, 9.17) is 9.52 Å². The quantitative estimate of drug-likeness (QED) is 0.695. The molecule has 0 spiro atoms. The topological polar surface area (TPSA) is 50.4 Å². The van der Waals surface area contributed by atoms with Crippen LogP contribution in [0.4, 0.5) is 0 Å². The molecule has 0 fully saturated rings. The van der Waals surface area contributed by atoms with Gasteiger partial charge in [-0.15, -0.1) is 0 Å². The third kappa shape index (κ3) is 1.42. The van der Waals surface area contributed by atoms with Gasteiger partial charge in [-0.1, -0.05) is 11.6 Å². The van der Waals surface area contributed by atoms with E-state index in [0.717, 1.165) is 10.9 Å². The summed E-state index contributed by atoms with van der Waals surface area (Å²) in [5, 5.41) is 9.87. The zero-order valence-corrected chi connectivity index (χ0v) is 7.78. The van der Waals surface area contributed by atoms with Gasteiger partial charge in [-0.3, -0.25) is 0 Å². The number of aliphatic hydroxyl groups excluding tert-OH is 1. The molecule has 1 heterocycles. The summed E-state index contributed by atoms with van der Waals surface area (Å²) >= 11 is 0. The lowest BCUT2D eigenvalue weighted by atomic mass is 10.1. The molecule has 0 atom stereocenters. The van der Waals surface area contributed by atoms with Crippen LogP contribution < -0.4 is 5.63 Å². The second kappa shape index (κ2) is 3.27. The van der Waals surface area contributed by atoms with Crippen molar-refractivity contribution in [3.05, 3.63) is 45.8 Å². The minimum absolute atomic E-state index is 0.147. The normalized spacial score (nSPS) is 10.7. The molecule has 2 aromatic rings. The van der Waals surface area contributed by atoms with Crippen molar-refractivity contribution in [3.63, 3.8) is 0 Å². The Labute approximate surface area is 80.6 Å². The summed E-state index contributed by atoms with van der Waals surface area (Å²) < 4.78 is 4.99. The Hall–Kier alpha value is -1.61. The standard InChI is InChI=1S/C11H10O3/c1-7-2-3-10-9(4-7)8(6-12)5-11(13)14-10/h2-5,12H,6H2,1H3. The molecule has 1 aromatic carbocycles. The van der Waals surface area contributed by atoms with E-state index in [1.165, 1.54) is 6.07 Å².